The van der Waals surface area contributed by atoms with Crippen molar-refractivity contribution in [1.29, 1.82) is 0 Å². The van der Waals surface area contributed by atoms with Crippen LogP contribution in [-0.4, -0.2) is 52.5 Å². The number of ether oxygens (including phenoxy) is 1. The van der Waals surface area contributed by atoms with Gasteiger partial charge >= 0.3 is 0 Å². The summed E-state index contributed by atoms with van der Waals surface area (Å²) in [5, 5.41) is 4.67. The van der Waals surface area contributed by atoms with Gasteiger partial charge in [-0.05, 0) is 18.6 Å². The van der Waals surface area contributed by atoms with Crippen LogP contribution in [-0.2, 0) is 6.42 Å². The molecule has 0 radical (unpaired) electrons. The summed E-state index contributed by atoms with van der Waals surface area (Å²) in [6.45, 7) is 8.55. The summed E-state index contributed by atoms with van der Waals surface area (Å²) in [4.78, 5) is 16.1. The predicted octanol–water partition coefficient (Wildman–Crippen LogP) is 2.79. The molecule has 0 aliphatic carbocycles. The molecular formula is C18H24FN5OS. The second kappa shape index (κ2) is 7.15. The number of rotatable bonds is 4. The van der Waals surface area contributed by atoms with Crippen LogP contribution in [0.5, 0.6) is 5.88 Å². The molecule has 6 nitrogen and oxygen atoms in total. The maximum atomic E-state index is 15.1. The van der Waals surface area contributed by atoms with E-state index in [0.717, 1.165) is 37.6 Å². The standard InChI is InChI=1S/C18H24FN5OS/c1-4-10-14(19)15-13-16(23-18(22-15)26-6-3)24-8-7-20-9-11(24)12(5-2)25-17(13)21-10/h11-12,20H,4-9H2,1-3H3. The lowest BCUT2D eigenvalue weighted by Crippen LogP contribution is -2.57. The third kappa shape index (κ3) is 2.79. The fourth-order valence-corrected chi connectivity index (χ4v) is 4.33. The molecule has 2 atom stereocenters. The zero-order valence-electron chi connectivity index (χ0n) is 15.4. The van der Waals surface area contributed by atoms with Crippen molar-refractivity contribution in [2.75, 3.05) is 30.3 Å². The quantitative estimate of drug-likeness (QED) is 0.649. The number of thioether (sulfide) groups is 1. The highest BCUT2D eigenvalue weighted by atomic mass is 32.2. The van der Waals surface area contributed by atoms with Crippen molar-refractivity contribution in [3.05, 3.63) is 11.5 Å². The van der Waals surface area contributed by atoms with E-state index in [-0.39, 0.29) is 18.0 Å². The number of fused-ring (bicyclic) bond motifs is 2. The summed E-state index contributed by atoms with van der Waals surface area (Å²) in [6.07, 6.45) is 1.33. The van der Waals surface area contributed by atoms with Crippen molar-refractivity contribution in [3.63, 3.8) is 0 Å². The topological polar surface area (TPSA) is 63.2 Å². The lowest BCUT2D eigenvalue weighted by atomic mass is 10.0. The smallest absolute Gasteiger partial charge is 0.227 e. The molecule has 2 aromatic rings. The van der Waals surface area contributed by atoms with Gasteiger partial charge in [0.2, 0.25) is 5.88 Å². The Hall–Kier alpha value is -1.67. The van der Waals surface area contributed by atoms with Crippen LogP contribution < -0.4 is 15.0 Å². The number of aryl methyl sites for hydroxylation is 1. The monoisotopic (exact) mass is 377 g/mol. The Kier molecular flexibility index (Phi) is 4.88. The van der Waals surface area contributed by atoms with Crippen LogP contribution in [0.3, 0.4) is 0 Å². The molecule has 1 N–H and O–H groups in total. The van der Waals surface area contributed by atoms with Crippen molar-refractivity contribution in [2.24, 2.45) is 0 Å². The van der Waals surface area contributed by atoms with Gasteiger partial charge in [0.1, 0.15) is 22.8 Å². The van der Waals surface area contributed by atoms with Crippen molar-refractivity contribution in [2.45, 2.75) is 50.9 Å². The van der Waals surface area contributed by atoms with Gasteiger partial charge in [-0.3, -0.25) is 0 Å². The number of nitrogens with zero attached hydrogens (tertiary/aromatic N) is 4. The minimum atomic E-state index is -0.349. The van der Waals surface area contributed by atoms with Crippen LogP contribution in [0.1, 0.15) is 32.9 Å². The summed E-state index contributed by atoms with van der Waals surface area (Å²) in [5.41, 5.74) is 0.735. The fourth-order valence-electron chi connectivity index (χ4n) is 3.77. The Morgan fingerprint density at radius 2 is 2.12 bits per heavy atom. The average Bonchev–Trinajstić information content (AvgIpc) is 2.80. The lowest BCUT2D eigenvalue weighted by molar-refractivity contribution is 0.152. The molecule has 140 valence electrons. The molecule has 1 fully saturated rings. The highest BCUT2D eigenvalue weighted by Crippen LogP contribution is 2.40. The van der Waals surface area contributed by atoms with Gasteiger partial charge in [0.25, 0.3) is 0 Å². The number of aromatic nitrogens is 3. The molecule has 4 rings (SSSR count). The Bertz CT molecular complexity index is 833. The van der Waals surface area contributed by atoms with Gasteiger partial charge in [-0.2, -0.15) is 0 Å². The summed E-state index contributed by atoms with van der Waals surface area (Å²) in [6, 6.07) is 0.147. The molecule has 1 saturated heterocycles. The van der Waals surface area contributed by atoms with Crippen molar-refractivity contribution in [3.8, 4) is 5.88 Å². The molecule has 0 aromatic carbocycles. The molecule has 0 bridgehead atoms. The van der Waals surface area contributed by atoms with Crippen LogP contribution in [0.2, 0.25) is 0 Å². The zero-order chi connectivity index (χ0) is 18.3. The molecule has 2 aromatic heterocycles. The number of anilines is 1. The second-order valence-electron chi connectivity index (χ2n) is 6.55. The number of piperazine rings is 1. The number of hydrogen-bond acceptors (Lipinski definition) is 7. The molecule has 26 heavy (non-hydrogen) atoms. The van der Waals surface area contributed by atoms with Crippen molar-refractivity contribution in [1.82, 2.24) is 20.3 Å². The maximum absolute atomic E-state index is 15.1. The highest BCUT2D eigenvalue weighted by Gasteiger charge is 2.37. The zero-order valence-corrected chi connectivity index (χ0v) is 16.2. The van der Waals surface area contributed by atoms with E-state index in [9.17, 15) is 0 Å². The van der Waals surface area contributed by atoms with E-state index in [2.05, 4.69) is 27.1 Å². The Balaban J connectivity index is 2.02. The lowest BCUT2D eigenvalue weighted by Gasteiger charge is -2.39. The summed E-state index contributed by atoms with van der Waals surface area (Å²) in [5.74, 6) is 1.72. The van der Waals surface area contributed by atoms with E-state index in [1.807, 2.05) is 13.8 Å². The average molecular weight is 377 g/mol. The van der Waals surface area contributed by atoms with E-state index < -0.39 is 0 Å². The van der Waals surface area contributed by atoms with Crippen LogP contribution in [0.15, 0.2) is 5.16 Å². The molecule has 2 aliphatic rings. The van der Waals surface area contributed by atoms with Crippen LogP contribution in [0.4, 0.5) is 10.2 Å². The molecule has 4 heterocycles. The van der Waals surface area contributed by atoms with Gasteiger partial charge in [-0.15, -0.1) is 0 Å². The highest BCUT2D eigenvalue weighted by molar-refractivity contribution is 7.99. The summed E-state index contributed by atoms with van der Waals surface area (Å²) >= 11 is 1.53. The second-order valence-corrected chi connectivity index (χ2v) is 7.78. The number of nitrogens with one attached hydrogen (secondary N) is 1. The van der Waals surface area contributed by atoms with Gasteiger partial charge in [-0.1, -0.05) is 32.5 Å². The molecule has 0 amide bonds. The molecular weight excluding hydrogens is 353 g/mol. The van der Waals surface area contributed by atoms with Crippen LogP contribution >= 0.6 is 11.8 Å². The predicted molar refractivity (Wildman–Crippen MR) is 102 cm³/mol. The van der Waals surface area contributed by atoms with Gasteiger partial charge < -0.3 is 15.0 Å². The number of hydrogen-bond donors (Lipinski definition) is 1. The minimum Gasteiger partial charge on any atom is -0.472 e. The molecule has 0 spiro atoms. The molecule has 0 saturated carbocycles. The van der Waals surface area contributed by atoms with Crippen LogP contribution in [0.25, 0.3) is 10.9 Å². The first-order chi connectivity index (χ1) is 12.7. The first-order valence-corrected chi connectivity index (χ1v) is 10.3. The fraction of sp³-hybridized carbons (Fsp3) is 0.611. The molecule has 8 heteroatoms. The van der Waals surface area contributed by atoms with E-state index in [1.54, 1.807) is 0 Å². The van der Waals surface area contributed by atoms with Gasteiger partial charge in [0.15, 0.2) is 11.0 Å². The van der Waals surface area contributed by atoms with E-state index in [1.165, 1.54) is 11.8 Å². The minimum absolute atomic E-state index is 0.0230. The van der Waals surface area contributed by atoms with Gasteiger partial charge in [0.05, 0.1) is 11.7 Å². The Morgan fingerprint density at radius 1 is 1.27 bits per heavy atom. The first kappa shape index (κ1) is 17.7. The van der Waals surface area contributed by atoms with E-state index >= 15 is 4.39 Å². The maximum Gasteiger partial charge on any atom is 0.227 e. The van der Waals surface area contributed by atoms with Gasteiger partial charge in [0, 0.05) is 19.6 Å². The third-order valence-electron chi connectivity index (χ3n) is 5.04. The third-order valence-corrected chi connectivity index (χ3v) is 5.77. The van der Waals surface area contributed by atoms with Crippen molar-refractivity contribution >= 4 is 28.5 Å². The van der Waals surface area contributed by atoms with Crippen molar-refractivity contribution < 1.29 is 9.13 Å². The molecule has 2 unspecified atom stereocenters. The number of halogens is 1. The SMILES string of the molecule is CCSc1nc2c3c(nc(CC)c(F)c3n1)OC(CC)C1CNCCN21. The Morgan fingerprint density at radius 3 is 2.85 bits per heavy atom. The van der Waals surface area contributed by atoms with E-state index in [0.29, 0.717) is 34.1 Å². The largest absolute Gasteiger partial charge is 0.472 e. The summed E-state index contributed by atoms with van der Waals surface area (Å²) in [7, 11) is 0. The normalized spacial score (nSPS) is 22.1. The van der Waals surface area contributed by atoms with Crippen LogP contribution in [0, 0.1) is 5.82 Å². The summed E-state index contributed by atoms with van der Waals surface area (Å²) < 4.78 is 21.4. The number of pyridine rings is 1. The van der Waals surface area contributed by atoms with E-state index in [4.69, 9.17) is 9.72 Å². The Labute approximate surface area is 156 Å². The molecule has 2 aliphatic heterocycles. The first-order valence-electron chi connectivity index (χ1n) is 9.34. The van der Waals surface area contributed by atoms with Gasteiger partial charge in [-0.25, -0.2) is 19.3 Å².